The molecular formula is C20H34O. The summed E-state index contributed by atoms with van der Waals surface area (Å²) in [6.45, 7) is 6.74. The molecule has 21 heavy (non-hydrogen) atoms. The number of rotatable bonds is 11. The first-order valence-corrected chi connectivity index (χ1v) is 9.07. The van der Waals surface area contributed by atoms with Gasteiger partial charge in [-0.2, -0.15) is 0 Å². The van der Waals surface area contributed by atoms with E-state index in [2.05, 4.69) is 26.8 Å². The van der Waals surface area contributed by atoms with E-state index in [1.165, 1.54) is 68.1 Å². The maximum absolute atomic E-state index is 10.3. The molecule has 0 aliphatic carbocycles. The summed E-state index contributed by atoms with van der Waals surface area (Å²) in [4.78, 5) is 0. The third-order valence-corrected chi connectivity index (χ3v) is 4.36. The minimum absolute atomic E-state index is 0.526. The molecule has 0 atom stereocenters. The van der Waals surface area contributed by atoms with Gasteiger partial charge < -0.3 is 5.11 Å². The van der Waals surface area contributed by atoms with Gasteiger partial charge in [0, 0.05) is 0 Å². The van der Waals surface area contributed by atoms with E-state index in [4.69, 9.17) is 0 Å². The van der Waals surface area contributed by atoms with Crippen molar-refractivity contribution in [1.29, 1.82) is 0 Å². The normalized spacial score (nSPS) is 11.0. The second-order valence-corrected chi connectivity index (χ2v) is 6.22. The van der Waals surface area contributed by atoms with Crippen LogP contribution in [0.25, 0.3) is 0 Å². The lowest BCUT2D eigenvalue weighted by Gasteiger charge is -2.16. The third-order valence-electron chi connectivity index (χ3n) is 4.36. The Morgan fingerprint density at radius 3 is 1.95 bits per heavy atom. The Kier molecular flexibility index (Phi) is 9.21. The van der Waals surface area contributed by atoms with Crippen LogP contribution in [0.5, 0.6) is 5.75 Å². The van der Waals surface area contributed by atoms with Crippen molar-refractivity contribution in [3.8, 4) is 5.75 Å². The van der Waals surface area contributed by atoms with E-state index >= 15 is 0 Å². The fourth-order valence-electron chi connectivity index (χ4n) is 3.00. The summed E-state index contributed by atoms with van der Waals surface area (Å²) < 4.78 is 0. The van der Waals surface area contributed by atoms with Crippen LogP contribution in [-0.4, -0.2) is 5.11 Å². The zero-order valence-electron chi connectivity index (χ0n) is 14.4. The number of aromatic hydroxyl groups is 1. The Morgan fingerprint density at radius 2 is 1.29 bits per heavy atom. The number of aryl methyl sites for hydroxylation is 1. The highest BCUT2D eigenvalue weighted by molar-refractivity contribution is 5.45. The van der Waals surface area contributed by atoms with Gasteiger partial charge in [-0.15, -0.1) is 0 Å². The minimum atomic E-state index is 0.526. The molecule has 0 unspecified atom stereocenters. The molecule has 120 valence electrons. The van der Waals surface area contributed by atoms with Crippen molar-refractivity contribution in [2.24, 2.45) is 0 Å². The highest BCUT2D eigenvalue weighted by Crippen LogP contribution is 2.29. The molecule has 1 nitrogen and oxygen atoms in total. The average molecular weight is 290 g/mol. The smallest absolute Gasteiger partial charge is 0.119 e. The molecule has 0 amide bonds. The van der Waals surface area contributed by atoms with Gasteiger partial charge in [0.2, 0.25) is 0 Å². The molecule has 0 aliphatic rings. The van der Waals surface area contributed by atoms with E-state index in [1.54, 1.807) is 0 Å². The van der Waals surface area contributed by atoms with Gasteiger partial charge in [-0.3, -0.25) is 0 Å². The Hall–Kier alpha value is -0.980. The van der Waals surface area contributed by atoms with Crippen LogP contribution in [0, 0.1) is 0 Å². The first kappa shape index (κ1) is 18.1. The summed E-state index contributed by atoms with van der Waals surface area (Å²) in [6.07, 6.45) is 13.3. The second-order valence-electron chi connectivity index (χ2n) is 6.22. The summed E-state index contributed by atoms with van der Waals surface area (Å²) in [7, 11) is 0. The van der Waals surface area contributed by atoms with Crippen molar-refractivity contribution < 1.29 is 5.11 Å². The van der Waals surface area contributed by atoms with Gasteiger partial charge in [0.25, 0.3) is 0 Å². The molecule has 0 saturated carbocycles. The molecule has 1 rings (SSSR count). The fraction of sp³-hybridized carbons (Fsp3) is 0.700. The molecule has 1 N–H and O–H groups in total. The van der Waals surface area contributed by atoms with Gasteiger partial charge in [-0.05, 0) is 61.3 Å². The lowest BCUT2D eigenvalue weighted by Crippen LogP contribution is -2.02. The number of hydrogen-bond acceptors (Lipinski definition) is 1. The van der Waals surface area contributed by atoms with Crippen LogP contribution in [0.4, 0.5) is 0 Å². The average Bonchev–Trinajstić information content (AvgIpc) is 2.50. The Labute approximate surface area is 131 Å². The predicted molar refractivity (Wildman–Crippen MR) is 93.2 cm³/mol. The molecule has 0 spiro atoms. The van der Waals surface area contributed by atoms with Gasteiger partial charge in [-0.25, -0.2) is 0 Å². The van der Waals surface area contributed by atoms with Crippen LogP contribution >= 0.6 is 0 Å². The first-order valence-electron chi connectivity index (χ1n) is 9.07. The van der Waals surface area contributed by atoms with E-state index in [9.17, 15) is 5.11 Å². The SMILES string of the molecule is CCCCCCc1c(O)ccc(CCCC)c1CCCC. The second kappa shape index (κ2) is 10.7. The van der Waals surface area contributed by atoms with Crippen molar-refractivity contribution in [2.45, 2.75) is 91.4 Å². The number of benzene rings is 1. The summed E-state index contributed by atoms with van der Waals surface area (Å²) in [5, 5.41) is 10.3. The molecule has 0 heterocycles. The minimum Gasteiger partial charge on any atom is -0.508 e. The monoisotopic (exact) mass is 290 g/mol. The van der Waals surface area contributed by atoms with Gasteiger partial charge in [0.05, 0.1) is 0 Å². The highest BCUT2D eigenvalue weighted by Gasteiger charge is 2.12. The molecule has 0 aromatic heterocycles. The van der Waals surface area contributed by atoms with Crippen molar-refractivity contribution >= 4 is 0 Å². The zero-order valence-corrected chi connectivity index (χ0v) is 14.4. The summed E-state index contributed by atoms with van der Waals surface area (Å²) in [5.74, 6) is 0.526. The highest BCUT2D eigenvalue weighted by atomic mass is 16.3. The molecule has 0 aliphatic heterocycles. The number of phenolic OH excluding ortho intramolecular Hbond substituents is 1. The van der Waals surface area contributed by atoms with Crippen LogP contribution in [0.3, 0.4) is 0 Å². The number of hydrogen-bond donors (Lipinski definition) is 1. The molecular weight excluding hydrogens is 256 g/mol. The largest absolute Gasteiger partial charge is 0.508 e. The summed E-state index contributed by atoms with van der Waals surface area (Å²) in [6, 6.07) is 4.08. The summed E-state index contributed by atoms with van der Waals surface area (Å²) in [5.41, 5.74) is 4.18. The van der Waals surface area contributed by atoms with E-state index in [0.29, 0.717) is 5.75 Å². The van der Waals surface area contributed by atoms with Gasteiger partial charge in [0.1, 0.15) is 5.75 Å². The third kappa shape index (κ3) is 6.11. The molecule has 1 heteroatoms. The molecule has 1 aromatic rings. The molecule has 0 fully saturated rings. The zero-order chi connectivity index (χ0) is 15.5. The first-order chi connectivity index (χ1) is 10.2. The lowest BCUT2D eigenvalue weighted by atomic mass is 9.90. The fourth-order valence-corrected chi connectivity index (χ4v) is 3.00. The standard InChI is InChI=1S/C20H34O/c1-4-7-10-11-14-19-18(13-9-6-3)17(12-8-5-2)15-16-20(19)21/h15-16,21H,4-14H2,1-3H3. The van der Waals surface area contributed by atoms with Crippen LogP contribution in [0.1, 0.15) is 88.8 Å². The van der Waals surface area contributed by atoms with Crippen molar-refractivity contribution in [3.05, 3.63) is 28.8 Å². The van der Waals surface area contributed by atoms with Gasteiger partial charge in [0.15, 0.2) is 0 Å². The van der Waals surface area contributed by atoms with E-state index in [-0.39, 0.29) is 0 Å². The maximum atomic E-state index is 10.3. The predicted octanol–water partition coefficient (Wildman–Crippen LogP) is 6.20. The molecule has 0 bridgehead atoms. The molecule has 0 radical (unpaired) electrons. The van der Waals surface area contributed by atoms with Crippen LogP contribution in [0.15, 0.2) is 12.1 Å². The van der Waals surface area contributed by atoms with Crippen molar-refractivity contribution in [1.82, 2.24) is 0 Å². The summed E-state index contributed by atoms with van der Waals surface area (Å²) >= 11 is 0. The molecule has 0 saturated heterocycles. The van der Waals surface area contributed by atoms with Gasteiger partial charge >= 0.3 is 0 Å². The van der Waals surface area contributed by atoms with Crippen LogP contribution in [0.2, 0.25) is 0 Å². The van der Waals surface area contributed by atoms with E-state index in [0.717, 1.165) is 19.3 Å². The topological polar surface area (TPSA) is 20.2 Å². The Bertz CT molecular complexity index is 395. The Morgan fingerprint density at radius 1 is 0.667 bits per heavy atom. The van der Waals surface area contributed by atoms with Crippen LogP contribution in [-0.2, 0) is 19.3 Å². The van der Waals surface area contributed by atoms with Gasteiger partial charge in [-0.1, -0.05) is 58.9 Å². The van der Waals surface area contributed by atoms with Crippen molar-refractivity contribution in [2.75, 3.05) is 0 Å². The number of phenols is 1. The maximum Gasteiger partial charge on any atom is 0.119 e. The van der Waals surface area contributed by atoms with Crippen molar-refractivity contribution in [3.63, 3.8) is 0 Å². The van der Waals surface area contributed by atoms with E-state index < -0.39 is 0 Å². The molecule has 1 aromatic carbocycles. The quantitative estimate of drug-likeness (QED) is 0.481. The van der Waals surface area contributed by atoms with Crippen LogP contribution < -0.4 is 0 Å². The number of unbranched alkanes of at least 4 members (excludes halogenated alkanes) is 5. The lowest BCUT2D eigenvalue weighted by molar-refractivity contribution is 0.464. The van der Waals surface area contributed by atoms with E-state index in [1.807, 2.05) is 6.07 Å². The Balaban J connectivity index is 2.88.